The molecule has 2 N–H and O–H groups in total. The number of alkyl halides is 1. The fraction of sp³-hybridized carbons (Fsp3) is 0.412. The highest BCUT2D eigenvalue weighted by molar-refractivity contribution is 7.85. The standard InChI is InChI=1S/C10H19ClNO.C7H8O3S/c1-4-6-12(3,7-5-2)9-10(13)8-11;1-6-2-4-7(5-3-6)11(8,9)10/h4-5,10,13H,1-2,6-9H2,3H3;2-5H,1H3,(H,8,9,10)/q+1;. The maximum Gasteiger partial charge on any atom is 0.294 e. The summed E-state index contributed by atoms with van der Waals surface area (Å²) >= 11 is 5.55. The second-order valence-corrected chi connectivity index (χ2v) is 7.57. The number of hydrogen-bond acceptors (Lipinski definition) is 3. The molecule has 5 nitrogen and oxygen atoms in total. The third kappa shape index (κ3) is 9.20. The Kier molecular flexibility index (Phi) is 10.1. The third-order valence-electron chi connectivity index (χ3n) is 3.29. The monoisotopic (exact) mass is 376 g/mol. The number of likely N-dealkylation sites (N-methyl/N-ethyl adjacent to an activating group) is 1. The second kappa shape index (κ2) is 10.6. The van der Waals surface area contributed by atoms with Gasteiger partial charge in [-0.3, -0.25) is 4.55 Å². The van der Waals surface area contributed by atoms with Crippen LogP contribution in [0.1, 0.15) is 5.56 Å². The summed E-state index contributed by atoms with van der Waals surface area (Å²) in [5.41, 5.74) is 0.956. The van der Waals surface area contributed by atoms with Gasteiger partial charge >= 0.3 is 0 Å². The van der Waals surface area contributed by atoms with Crippen molar-refractivity contribution >= 4 is 21.7 Å². The van der Waals surface area contributed by atoms with Crippen LogP contribution in [-0.2, 0) is 10.1 Å². The lowest BCUT2D eigenvalue weighted by Crippen LogP contribution is -2.49. The number of rotatable bonds is 8. The van der Waals surface area contributed by atoms with Crippen LogP contribution >= 0.6 is 11.6 Å². The number of hydrogen-bond donors (Lipinski definition) is 2. The van der Waals surface area contributed by atoms with Gasteiger partial charge in [0.2, 0.25) is 0 Å². The minimum atomic E-state index is -4.02. The predicted molar refractivity (Wildman–Crippen MR) is 98.9 cm³/mol. The molecule has 0 aliphatic carbocycles. The quantitative estimate of drug-likeness (QED) is 0.316. The normalized spacial score (nSPS) is 12.7. The highest BCUT2D eigenvalue weighted by Gasteiger charge is 2.22. The van der Waals surface area contributed by atoms with E-state index in [0.29, 0.717) is 11.0 Å². The number of aliphatic hydroxyl groups is 1. The van der Waals surface area contributed by atoms with Gasteiger partial charge in [-0.2, -0.15) is 8.42 Å². The molecule has 1 aromatic carbocycles. The third-order valence-corrected chi connectivity index (χ3v) is 4.51. The van der Waals surface area contributed by atoms with Gasteiger partial charge in [-0.15, -0.1) is 11.6 Å². The number of quaternary nitrogens is 1. The van der Waals surface area contributed by atoms with Crippen molar-refractivity contribution in [2.45, 2.75) is 17.9 Å². The summed E-state index contributed by atoms with van der Waals surface area (Å²) in [5.74, 6) is 0.280. The summed E-state index contributed by atoms with van der Waals surface area (Å²) in [5, 5.41) is 9.43. The van der Waals surface area contributed by atoms with Crippen molar-refractivity contribution in [2.75, 3.05) is 32.6 Å². The summed E-state index contributed by atoms with van der Waals surface area (Å²) in [6.07, 6.45) is 3.25. The first-order valence-electron chi connectivity index (χ1n) is 7.41. The zero-order valence-electron chi connectivity index (χ0n) is 14.2. The van der Waals surface area contributed by atoms with Crippen LogP contribution in [0.4, 0.5) is 0 Å². The maximum absolute atomic E-state index is 10.5. The van der Waals surface area contributed by atoms with Crippen molar-refractivity contribution in [3.8, 4) is 0 Å². The molecule has 1 unspecified atom stereocenters. The molecule has 0 aromatic heterocycles. The summed E-state index contributed by atoms with van der Waals surface area (Å²) in [6.45, 7) is 11.5. The van der Waals surface area contributed by atoms with Crippen LogP contribution in [-0.4, -0.2) is 61.2 Å². The Hall–Kier alpha value is -1.18. The molecule has 0 saturated carbocycles. The molecule has 0 saturated heterocycles. The van der Waals surface area contributed by atoms with E-state index in [9.17, 15) is 13.5 Å². The van der Waals surface area contributed by atoms with E-state index in [1.807, 2.05) is 19.1 Å². The minimum absolute atomic E-state index is 0.0666. The van der Waals surface area contributed by atoms with Crippen molar-refractivity contribution in [3.05, 3.63) is 55.1 Å². The number of benzene rings is 1. The Morgan fingerprint density at radius 2 is 1.67 bits per heavy atom. The Labute approximate surface area is 150 Å². The zero-order chi connectivity index (χ0) is 18.8. The average molecular weight is 377 g/mol. The van der Waals surface area contributed by atoms with Crippen LogP contribution in [0, 0.1) is 6.92 Å². The van der Waals surface area contributed by atoms with Crippen molar-refractivity contribution in [3.63, 3.8) is 0 Å². The Bertz CT molecular complexity index is 604. The van der Waals surface area contributed by atoms with Gasteiger partial charge in [0.05, 0.1) is 30.9 Å². The van der Waals surface area contributed by atoms with E-state index in [4.69, 9.17) is 16.2 Å². The SMILES string of the molecule is C=CC[N+](C)(CC=C)CC(O)CCl.Cc1ccc(S(=O)(=O)O)cc1. The van der Waals surface area contributed by atoms with E-state index >= 15 is 0 Å². The van der Waals surface area contributed by atoms with Crippen LogP contribution in [0.3, 0.4) is 0 Å². The Morgan fingerprint density at radius 3 is 2.00 bits per heavy atom. The molecule has 1 atom stereocenters. The van der Waals surface area contributed by atoms with Gasteiger partial charge in [0.1, 0.15) is 12.6 Å². The van der Waals surface area contributed by atoms with Gasteiger partial charge in [-0.25, -0.2) is 0 Å². The molecule has 0 spiro atoms. The molecule has 0 radical (unpaired) electrons. The lowest BCUT2D eigenvalue weighted by Gasteiger charge is -2.33. The summed E-state index contributed by atoms with van der Waals surface area (Å²) < 4.78 is 30.3. The van der Waals surface area contributed by atoms with Gasteiger partial charge in [0, 0.05) is 0 Å². The number of nitrogens with zero attached hydrogens (tertiary/aromatic N) is 1. The van der Waals surface area contributed by atoms with Crippen LogP contribution in [0.2, 0.25) is 0 Å². The molecule has 24 heavy (non-hydrogen) atoms. The molecule has 0 bridgehead atoms. The van der Waals surface area contributed by atoms with E-state index in [-0.39, 0.29) is 10.8 Å². The topological polar surface area (TPSA) is 74.6 Å². The van der Waals surface area contributed by atoms with Gasteiger partial charge in [0.25, 0.3) is 10.1 Å². The molecule has 0 amide bonds. The number of aliphatic hydroxyl groups excluding tert-OH is 1. The van der Waals surface area contributed by atoms with Crippen molar-refractivity contribution in [1.29, 1.82) is 0 Å². The Balaban J connectivity index is 0.000000446. The van der Waals surface area contributed by atoms with Crippen LogP contribution < -0.4 is 0 Å². The lowest BCUT2D eigenvalue weighted by atomic mass is 10.2. The lowest BCUT2D eigenvalue weighted by molar-refractivity contribution is -0.901. The molecule has 0 aliphatic rings. The zero-order valence-corrected chi connectivity index (χ0v) is 15.8. The average Bonchev–Trinajstić information content (AvgIpc) is 2.47. The number of halogens is 1. The molecule has 1 aromatic rings. The largest absolute Gasteiger partial charge is 0.386 e. The van der Waals surface area contributed by atoms with Gasteiger partial charge < -0.3 is 9.59 Å². The van der Waals surface area contributed by atoms with Gasteiger partial charge in [-0.05, 0) is 31.2 Å². The molecule has 0 aliphatic heterocycles. The predicted octanol–water partition coefficient (Wildman–Crippen LogP) is 2.65. The van der Waals surface area contributed by atoms with Crippen molar-refractivity contribution < 1.29 is 22.6 Å². The van der Waals surface area contributed by atoms with E-state index in [1.165, 1.54) is 12.1 Å². The van der Waals surface area contributed by atoms with E-state index < -0.39 is 16.2 Å². The van der Waals surface area contributed by atoms with Gasteiger partial charge in [-0.1, -0.05) is 30.9 Å². The fourth-order valence-corrected chi connectivity index (χ4v) is 2.69. The number of aryl methyl sites for hydroxylation is 1. The van der Waals surface area contributed by atoms with Crippen molar-refractivity contribution in [1.82, 2.24) is 0 Å². The minimum Gasteiger partial charge on any atom is -0.386 e. The van der Waals surface area contributed by atoms with Crippen LogP contribution in [0.15, 0.2) is 54.5 Å². The highest BCUT2D eigenvalue weighted by Crippen LogP contribution is 2.08. The van der Waals surface area contributed by atoms with Crippen LogP contribution in [0.25, 0.3) is 0 Å². The summed E-state index contributed by atoms with van der Waals surface area (Å²) in [6, 6.07) is 5.99. The second-order valence-electron chi connectivity index (χ2n) is 5.84. The first kappa shape index (κ1) is 22.8. The molecular weight excluding hydrogens is 350 g/mol. The van der Waals surface area contributed by atoms with Crippen molar-refractivity contribution in [2.24, 2.45) is 0 Å². The fourth-order valence-electron chi connectivity index (χ4n) is 2.11. The van der Waals surface area contributed by atoms with Crippen LogP contribution in [0.5, 0.6) is 0 Å². The van der Waals surface area contributed by atoms with E-state index in [0.717, 1.165) is 18.7 Å². The first-order valence-corrected chi connectivity index (χ1v) is 9.39. The summed E-state index contributed by atoms with van der Waals surface area (Å²) in [4.78, 5) is -0.0666. The molecule has 0 fully saturated rings. The van der Waals surface area contributed by atoms with E-state index in [1.54, 1.807) is 12.1 Å². The molecule has 0 heterocycles. The Morgan fingerprint density at radius 1 is 1.21 bits per heavy atom. The molecule has 7 heteroatoms. The highest BCUT2D eigenvalue weighted by atomic mass is 35.5. The van der Waals surface area contributed by atoms with Gasteiger partial charge in [0.15, 0.2) is 0 Å². The summed E-state index contributed by atoms with van der Waals surface area (Å²) in [7, 11) is -1.96. The first-order chi connectivity index (χ1) is 11.1. The molecule has 1 rings (SSSR count). The smallest absolute Gasteiger partial charge is 0.294 e. The molecular formula is C17H27ClNO4S+. The maximum atomic E-state index is 10.5. The molecule has 136 valence electrons. The van der Waals surface area contributed by atoms with E-state index in [2.05, 4.69) is 20.2 Å².